The molecule has 0 spiro atoms. The smallest absolute Gasteiger partial charge is 0.237 e. The fourth-order valence-electron chi connectivity index (χ4n) is 1.56. The van der Waals surface area contributed by atoms with E-state index in [1.165, 1.54) is 17.4 Å². The van der Waals surface area contributed by atoms with Crippen LogP contribution in [0.25, 0.3) is 6.08 Å². The molecule has 0 saturated heterocycles. The van der Waals surface area contributed by atoms with Gasteiger partial charge in [0.15, 0.2) is 5.78 Å². The number of allylic oxidation sites excluding steroid dienone is 1. The monoisotopic (exact) mass is 234 g/mol. The summed E-state index contributed by atoms with van der Waals surface area (Å²) in [7, 11) is 0. The fraction of sp³-hybridized carbons (Fsp3) is 0.250. The third-order valence-electron chi connectivity index (χ3n) is 2.46. The van der Waals surface area contributed by atoms with Crippen molar-refractivity contribution in [3.63, 3.8) is 0 Å². The minimum absolute atomic E-state index is 0.0231. The van der Waals surface area contributed by atoms with Gasteiger partial charge >= 0.3 is 0 Å². The summed E-state index contributed by atoms with van der Waals surface area (Å²) >= 11 is 1.36. The van der Waals surface area contributed by atoms with Crippen molar-refractivity contribution >= 4 is 34.8 Å². The van der Waals surface area contributed by atoms with Crippen molar-refractivity contribution in [3.8, 4) is 0 Å². The Morgan fingerprint density at radius 3 is 2.56 bits per heavy atom. The van der Waals surface area contributed by atoms with E-state index in [-0.39, 0.29) is 17.3 Å². The van der Waals surface area contributed by atoms with Crippen molar-refractivity contribution in [2.75, 3.05) is 0 Å². The van der Waals surface area contributed by atoms with E-state index in [2.05, 4.69) is 0 Å². The lowest BCUT2D eigenvalue weighted by molar-refractivity contribution is -0.121. The molecular weight excluding hydrogens is 224 g/mol. The highest BCUT2D eigenvalue weighted by Crippen LogP contribution is 2.27. The molecule has 0 saturated carbocycles. The second-order valence-corrected chi connectivity index (χ2v) is 4.88. The number of thiophene rings is 1. The van der Waals surface area contributed by atoms with Gasteiger partial charge in [0.25, 0.3) is 0 Å². The highest BCUT2D eigenvalue weighted by molar-refractivity contribution is 7.11. The number of ketones is 3. The zero-order valence-electron chi connectivity index (χ0n) is 8.94. The maximum absolute atomic E-state index is 11.7. The lowest BCUT2D eigenvalue weighted by Crippen LogP contribution is -2.27. The zero-order valence-corrected chi connectivity index (χ0v) is 9.76. The molecule has 2 rings (SSSR count). The highest BCUT2D eigenvalue weighted by Gasteiger charge is 2.32. The van der Waals surface area contributed by atoms with Crippen LogP contribution in [0.4, 0.5) is 0 Å². The van der Waals surface area contributed by atoms with Crippen LogP contribution in [0.3, 0.4) is 0 Å². The lowest BCUT2D eigenvalue weighted by Gasteiger charge is -2.11. The summed E-state index contributed by atoms with van der Waals surface area (Å²) in [4.78, 5) is 35.8. The van der Waals surface area contributed by atoms with E-state index in [4.69, 9.17) is 0 Å². The molecule has 82 valence electrons. The van der Waals surface area contributed by atoms with E-state index in [1.807, 2.05) is 0 Å². The summed E-state index contributed by atoms with van der Waals surface area (Å²) in [5.74, 6) is -1.78. The van der Waals surface area contributed by atoms with Crippen LogP contribution in [0.5, 0.6) is 0 Å². The van der Waals surface area contributed by atoms with Crippen molar-refractivity contribution in [2.24, 2.45) is 5.92 Å². The Balaban J connectivity index is 2.53. The van der Waals surface area contributed by atoms with Crippen molar-refractivity contribution in [3.05, 3.63) is 27.5 Å². The fourth-order valence-corrected chi connectivity index (χ4v) is 2.38. The number of hydrogen-bond donors (Lipinski definition) is 0. The summed E-state index contributed by atoms with van der Waals surface area (Å²) in [6.07, 6.45) is 1.53. The van der Waals surface area contributed by atoms with Crippen LogP contribution < -0.4 is 0 Å². The van der Waals surface area contributed by atoms with Crippen molar-refractivity contribution in [1.82, 2.24) is 0 Å². The third-order valence-corrected chi connectivity index (χ3v) is 3.32. The van der Waals surface area contributed by atoms with Gasteiger partial charge in [0, 0.05) is 16.4 Å². The van der Waals surface area contributed by atoms with E-state index in [0.717, 1.165) is 0 Å². The largest absolute Gasteiger partial charge is 0.294 e. The lowest BCUT2D eigenvalue weighted by atomic mass is 9.89. The summed E-state index contributed by atoms with van der Waals surface area (Å²) < 4.78 is 0. The van der Waals surface area contributed by atoms with Crippen molar-refractivity contribution in [2.45, 2.75) is 13.8 Å². The molecule has 3 nitrogen and oxygen atoms in total. The van der Waals surface area contributed by atoms with Gasteiger partial charge in [-0.3, -0.25) is 14.4 Å². The highest BCUT2D eigenvalue weighted by atomic mass is 32.1. The van der Waals surface area contributed by atoms with E-state index in [1.54, 1.807) is 25.3 Å². The van der Waals surface area contributed by atoms with Gasteiger partial charge in [0.05, 0.1) is 5.57 Å². The minimum Gasteiger partial charge on any atom is -0.294 e. The molecule has 0 fully saturated rings. The minimum atomic E-state index is -0.676. The first-order chi connectivity index (χ1) is 7.52. The van der Waals surface area contributed by atoms with Gasteiger partial charge in [-0.05, 0) is 17.5 Å². The van der Waals surface area contributed by atoms with Gasteiger partial charge in [0.1, 0.15) is 0 Å². The Kier molecular flexibility index (Phi) is 2.59. The average Bonchev–Trinajstić information content (AvgIpc) is 2.70. The first-order valence-electron chi connectivity index (χ1n) is 4.94. The first kappa shape index (κ1) is 11.0. The van der Waals surface area contributed by atoms with Gasteiger partial charge < -0.3 is 0 Å². The van der Waals surface area contributed by atoms with Crippen LogP contribution >= 0.6 is 11.3 Å². The second kappa shape index (κ2) is 3.79. The normalized spacial score (nSPS) is 15.1. The summed E-state index contributed by atoms with van der Waals surface area (Å²) in [6.45, 7) is 3.43. The van der Waals surface area contributed by atoms with Gasteiger partial charge in [-0.25, -0.2) is 0 Å². The molecule has 0 unspecified atom stereocenters. The molecule has 0 aliphatic heterocycles. The van der Waals surface area contributed by atoms with Gasteiger partial charge in [-0.2, -0.15) is 0 Å². The Bertz CT molecular complexity index is 520. The molecule has 1 aromatic rings. The molecule has 0 radical (unpaired) electrons. The van der Waals surface area contributed by atoms with Crippen molar-refractivity contribution in [1.29, 1.82) is 0 Å². The zero-order chi connectivity index (χ0) is 11.9. The predicted octanol–water partition coefficient (Wildman–Crippen LogP) is 2.12. The Morgan fingerprint density at radius 2 is 1.94 bits per heavy atom. The van der Waals surface area contributed by atoms with Crippen LogP contribution in [-0.4, -0.2) is 17.3 Å². The first-order valence-corrected chi connectivity index (χ1v) is 5.82. The molecule has 0 bridgehead atoms. The number of rotatable bonds is 2. The Morgan fingerprint density at radius 1 is 1.25 bits per heavy atom. The molecule has 0 N–H and O–H groups in total. The topological polar surface area (TPSA) is 51.2 Å². The Labute approximate surface area is 96.8 Å². The number of hydrogen-bond acceptors (Lipinski definition) is 4. The summed E-state index contributed by atoms with van der Waals surface area (Å²) in [5, 5.41) is 1.75. The van der Waals surface area contributed by atoms with Crippen LogP contribution in [0, 0.1) is 5.92 Å². The maximum Gasteiger partial charge on any atom is 0.237 e. The average molecular weight is 234 g/mol. The SMILES string of the molecule is CC(C)C(=O)C1=Cc2sccc2C(=O)C1=O. The summed E-state index contributed by atoms with van der Waals surface area (Å²) in [6, 6.07) is 1.62. The Hall–Kier alpha value is -1.55. The van der Waals surface area contributed by atoms with E-state index in [0.29, 0.717) is 10.4 Å². The standard InChI is InChI=1S/C12H10O3S/c1-6(2)10(13)8-5-9-7(3-4-16-9)11(14)12(8)15/h3-6H,1-2H3. The predicted molar refractivity (Wildman–Crippen MR) is 61.5 cm³/mol. The number of carbonyl (C=O) groups is 3. The van der Waals surface area contributed by atoms with Gasteiger partial charge in [-0.1, -0.05) is 13.8 Å². The molecule has 0 amide bonds. The number of fused-ring (bicyclic) bond motifs is 1. The van der Waals surface area contributed by atoms with E-state index >= 15 is 0 Å². The molecular formula is C12H10O3S. The number of carbonyl (C=O) groups excluding carboxylic acids is 3. The van der Waals surface area contributed by atoms with Gasteiger partial charge in [0.2, 0.25) is 11.6 Å². The molecule has 1 heterocycles. The van der Waals surface area contributed by atoms with Crippen LogP contribution in [0.15, 0.2) is 17.0 Å². The summed E-state index contributed by atoms with van der Waals surface area (Å²) in [5.41, 5.74) is 0.435. The van der Waals surface area contributed by atoms with Crippen LogP contribution in [0.2, 0.25) is 0 Å². The molecule has 1 aliphatic rings. The van der Waals surface area contributed by atoms with Crippen molar-refractivity contribution < 1.29 is 14.4 Å². The van der Waals surface area contributed by atoms with Crippen LogP contribution in [-0.2, 0) is 9.59 Å². The molecule has 16 heavy (non-hydrogen) atoms. The van der Waals surface area contributed by atoms with Gasteiger partial charge in [-0.15, -0.1) is 11.3 Å². The van der Waals surface area contributed by atoms with E-state index in [9.17, 15) is 14.4 Å². The van der Waals surface area contributed by atoms with Crippen LogP contribution in [0.1, 0.15) is 29.1 Å². The maximum atomic E-state index is 11.7. The quantitative estimate of drug-likeness (QED) is 0.581. The molecule has 0 aromatic carbocycles. The molecule has 1 aromatic heterocycles. The molecule has 1 aliphatic carbocycles. The number of Topliss-reactive ketones (excluding diaryl/α,β-unsaturated/α-hetero) is 3. The van der Waals surface area contributed by atoms with E-state index < -0.39 is 11.6 Å². The molecule has 0 atom stereocenters. The second-order valence-electron chi connectivity index (χ2n) is 3.93. The molecule has 4 heteroatoms. The third kappa shape index (κ3) is 1.55.